The highest BCUT2D eigenvalue weighted by atomic mass is 16.8. The van der Waals surface area contributed by atoms with Crippen LogP contribution in [-0.2, 0) is 19.0 Å². The van der Waals surface area contributed by atoms with Gasteiger partial charge in [-0.3, -0.25) is 4.79 Å². The minimum absolute atomic E-state index is 0.229. The third kappa shape index (κ3) is 10.5. The second-order valence-electron chi connectivity index (χ2n) is 8.22. The first-order chi connectivity index (χ1) is 15.1. The molecule has 2 fully saturated rings. The Balaban J connectivity index is 1.70. The molecule has 1 aliphatic carbocycles. The average molecular weight is 431 g/mol. The summed E-state index contributed by atoms with van der Waals surface area (Å²) >= 11 is 0. The SMILES string of the molecule is CCCCCC(C=CC=CC=CC=C[C@H]1OC(=O)O[C@H]1CCCC(=O)OCC)C1CC1. The van der Waals surface area contributed by atoms with E-state index in [4.69, 9.17) is 14.2 Å². The summed E-state index contributed by atoms with van der Waals surface area (Å²) in [5, 5.41) is 0. The van der Waals surface area contributed by atoms with Gasteiger partial charge in [-0.05, 0) is 56.9 Å². The Morgan fingerprint density at radius 1 is 1.03 bits per heavy atom. The van der Waals surface area contributed by atoms with Crippen LogP contribution in [0, 0.1) is 11.8 Å². The zero-order valence-corrected chi connectivity index (χ0v) is 19.0. The summed E-state index contributed by atoms with van der Waals surface area (Å²) < 4.78 is 15.3. The third-order valence-corrected chi connectivity index (χ3v) is 5.60. The van der Waals surface area contributed by atoms with Crippen molar-refractivity contribution in [3.63, 3.8) is 0 Å². The molecule has 2 aliphatic rings. The van der Waals surface area contributed by atoms with Gasteiger partial charge in [-0.15, -0.1) is 0 Å². The molecular weight excluding hydrogens is 392 g/mol. The Bertz CT molecular complexity index is 657. The van der Waals surface area contributed by atoms with Gasteiger partial charge in [0.15, 0.2) is 6.10 Å². The van der Waals surface area contributed by atoms with Crippen molar-refractivity contribution in [1.29, 1.82) is 0 Å². The number of hydrogen-bond acceptors (Lipinski definition) is 5. The fourth-order valence-electron chi connectivity index (χ4n) is 3.75. The van der Waals surface area contributed by atoms with Crippen molar-refractivity contribution in [3.05, 3.63) is 48.6 Å². The molecule has 1 heterocycles. The van der Waals surface area contributed by atoms with E-state index in [0.717, 1.165) is 11.8 Å². The van der Waals surface area contributed by atoms with E-state index in [9.17, 15) is 9.59 Å². The summed E-state index contributed by atoms with van der Waals surface area (Å²) in [6.45, 7) is 4.41. The normalized spacial score (nSPS) is 22.6. The molecule has 0 N–H and O–H groups in total. The molecule has 1 unspecified atom stereocenters. The molecule has 31 heavy (non-hydrogen) atoms. The fraction of sp³-hybridized carbons (Fsp3) is 0.615. The number of unbranched alkanes of at least 4 members (excludes halogenated alkanes) is 2. The lowest BCUT2D eigenvalue weighted by molar-refractivity contribution is -0.143. The van der Waals surface area contributed by atoms with Gasteiger partial charge >= 0.3 is 12.1 Å². The number of carbonyl (C=O) groups is 2. The molecular formula is C26H38O5. The van der Waals surface area contributed by atoms with Crippen molar-refractivity contribution >= 4 is 12.1 Å². The van der Waals surface area contributed by atoms with E-state index in [0.29, 0.717) is 25.9 Å². The zero-order chi connectivity index (χ0) is 22.3. The Morgan fingerprint density at radius 2 is 1.77 bits per heavy atom. The maximum atomic E-state index is 11.5. The van der Waals surface area contributed by atoms with Crippen molar-refractivity contribution in [2.75, 3.05) is 6.61 Å². The third-order valence-electron chi connectivity index (χ3n) is 5.60. The average Bonchev–Trinajstić information content (AvgIpc) is 3.52. The molecule has 1 saturated heterocycles. The Hall–Kier alpha value is -2.30. The minimum atomic E-state index is -0.658. The van der Waals surface area contributed by atoms with Crippen LogP contribution < -0.4 is 0 Å². The van der Waals surface area contributed by atoms with Gasteiger partial charge in [0, 0.05) is 6.42 Å². The number of ether oxygens (including phenoxy) is 3. The Kier molecular flexibility index (Phi) is 11.8. The predicted molar refractivity (Wildman–Crippen MR) is 123 cm³/mol. The predicted octanol–water partition coefficient (Wildman–Crippen LogP) is 6.46. The number of hydrogen-bond donors (Lipinski definition) is 0. The lowest BCUT2D eigenvalue weighted by atomic mass is 9.96. The maximum Gasteiger partial charge on any atom is 0.509 e. The van der Waals surface area contributed by atoms with Crippen LogP contribution in [0.3, 0.4) is 0 Å². The fourth-order valence-corrected chi connectivity index (χ4v) is 3.75. The highest BCUT2D eigenvalue weighted by Gasteiger charge is 2.34. The highest BCUT2D eigenvalue weighted by molar-refractivity contribution is 5.69. The first kappa shape index (κ1) is 25.0. The monoisotopic (exact) mass is 430 g/mol. The number of cyclic esters (lactones) is 2. The molecule has 0 spiro atoms. The summed E-state index contributed by atoms with van der Waals surface area (Å²) in [5.41, 5.74) is 0. The Labute approximate surface area is 187 Å². The van der Waals surface area contributed by atoms with E-state index in [1.54, 1.807) is 6.92 Å². The van der Waals surface area contributed by atoms with Crippen LogP contribution >= 0.6 is 0 Å². The van der Waals surface area contributed by atoms with Gasteiger partial charge in [-0.1, -0.05) is 68.7 Å². The molecule has 1 saturated carbocycles. The van der Waals surface area contributed by atoms with E-state index >= 15 is 0 Å². The van der Waals surface area contributed by atoms with Gasteiger partial charge in [0.25, 0.3) is 0 Å². The van der Waals surface area contributed by atoms with Crippen molar-refractivity contribution in [2.45, 2.75) is 83.8 Å². The van der Waals surface area contributed by atoms with Gasteiger partial charge in [-0.25, -0.2) is 4.79 Å². The van der Waals surface area contributed by atoms with Crippen molar-refractivity contribution in [3.8, 4) is 0 Å². The van der Waals surface area contributed by atoms with Crippen LogP contribution in [-0.4, -0.2) is 30.9 Å². The summed E-state index contributed by atoms with van der Waals surface area (Å²) in [4.78, 5) is 22.9. The van der Waals surface area contributed by atoms with Gasteiger partial charge in [0.05, 0.1) is 6.61 Å². The lowest BCUT2D eigenvalue weighted by Crippen LogP contribution is -2.20. The lowest BCUT2D eigenvalue weighted by Gasteiger charge is -2.11. The molecule has 0 bridgehead atoms. The van der Waals surface area contributed by atoms with E-state index in [1.807, 2.05) is 30.4 Å². The van der Waals surface area contributed by atoms with Crippen LogP contribution in [0.25, 0.3) is 0 Å². The number of esters is 1. The molecule has 3 atom stereocenters. The number of carbonyl (C=O) groups excluding carboxylic acids is 2. The minimum Gasteiger partial charge on any atom is -0.466 e. The van der Waals surface area contributed by atoms with E-state index < -0.39 is 12.3 Å². The highest BCUT2D eigenvalue weighted by Crippen LogP contribution is 2.40. The van der Waals surface area contributed by atoms with Gasteiger partial charge < -0.3 is 14.2 Å². The molecule has 5 nitrogen and oxygen atoms in total. The second-order valence-corrected chi connectivity index (χ2v) is 8.22. The molecule has 5 heteroatoms. The van der Waals surface area contributed by atoms with Crippen LogP contribution in [0.5, 0.6) is 0 Å². The Morgan fingerprint density at radius 3 is 2.48 bits per heavy atom. The van der Waals surface area contributed by atoms with Crippen molar-refractivity contribution in [2.24, 2.45) is 11.8 Å². The molecule has 0 aromatic carbocycles. The summed E-state index contributed by atoms with van der Waals surface area (Å²) in [6, 6.07) is 0. The van der Waals surface area contributed by atoms with Crippen molar-refractivity contribution < 1.29 is 23.8 Å². The molecule has 172 valence electrons. The van der Waals surface area contributed by atoms with Gasteiger partial charge in [0.1, 0.15) is 6.10 Å². The van der Waals surface area contributed by atoms with Crippen LogP contribution in [0.1, 0.15) is 71.6 Å². The molecule has 2 rings (SSSR count). The maximum absolute atomic E-state index is 11.5. The topological polar surface area (TPSA) is 61.8 Å². The van der Waals surface area contributed by atoms with Crippen molar-refractivity contribution in [1.82, 2.24) is 0 Å². The summed E-state index contributed by atoms with van der Waals surface area (Å²) in [5.74, 6) is 1.41. The van der Waals surface area contributed by atoms with E-state index in [-0.39, 0.29) is 12.1 Å². The standard InChI is InChI=1S/C26H38O5/c1-3-5-10-14-21(22-19-20-22)15-11-8-6-7-9-12-16-23-24(31-26(28)30-23)17-13-18-25(27)29-4-2/h6-9,11-12,15-16,21-24H,3-5,10,13-14,17-20H2,1-2H3/t21?,23-,24+/m1/s1. The van der Waals surface area contributed by atoms with Crippen LogP contribution in [0.4, 0.5) is 4.79 Å². The summed E-state index contributed by atoms with van der Waals surface area (Å²) in [7, 11) is 0. The summed E-state index contributed by atoms with van der Waals surface area (Å²) in [6.07, 6.45) is 24.2. The van der Waals surface area contributed by atoms with Gasteiger partial charge in [-0.2, -0.15) is 0 Å². The van der Waals surface area contributed by atoms with Crippen LogP contribution in [0.15, 0.2) is 48.6 Å². The largest absolute Gasteiger partial charge is 0.509 e. The smallest absolute Gasteiger partial charge is 0.466 e. The van der Waals surface area contributed by atoms with E-state index in [1.165, 1.54) is 38.5 Å². The molecule has 1 aliphatic heterocycles. The number of allylic oxidation sites excluding steroid dienone is 7. The van der Waals surface area contributed by atoms with Crippen LogP contribution in [0.2, 0.25) is 0 Å². The second kappa shape index (κ2) is 14.7. The molecule has 0 amide bonds. The molecule has 0 radical (unpaired) electrons. The quantitative estimate of drug-likeness (QED) is 0.170. The van der Waals surface area contributed by atoms with Gasteiger partial charge in [0.2, 0.25) is 0 Å². The van der Waals surface area contributed by atoms with E-state index in [2.05, 4.69) is 25.2 Å². The molecule has 0 aromatic rings. The molecule has 0 aromatic heterocycles. The zero-order valence-electron chi connectivity index (χ0n) is 19.0. The number of rotatable bonds is 15. The first-order valence-electron chi connectivity index (χ1n) is 11.8. The first-order valence-corrected chi connectivity index (χ1v) is 11.8.